The number of hydrogen-bond acceptors (Lipinski definition) is 5. The third kappa shape index (κ3) is 2.32. The molecule has 2 aliphatic rings. The van der Waals surface area contributed by atoms with Gasteiger partial charge in [0.15, 0.2) is 17.3 Å². The van der Waals surface area contributed by atoms with Crippen molar-refractivity contribution in [2.45, 2.75) is 12.5 Å². The molecule has 1 unspecified atom stereocenters. The molecule has 0 amide bonds. The quantitative estimate of drug-likeness (QED) is 0.809. The number of ether oxygens (including phenoxy) is 3. The van der Waals surface area contributed by atoms with E-state index < -0.39 is 0 Å². The summed E-state index contributed by atoms with van der Waals surface area (Å²) in [6, 6.07) is 5.41. The summed E-state index contributed by atoms with van der Waals surface area (Å²) in [7, 11) is 0. The fraction of sp³-hybridized carbons (Fsp3) is 0.462. The molecule has 3 rings (SSSR count). The highest BCUT2D eigenvalue weighted by Gasteiger charge is 2.20. The Labute approximate surface area is 105 Å². The van der Waals surface area contributed by atoms with Crippen molar-refractivity contribution in [2.24, 2.45) is 0 Å². The Bertz CT molecular complexity index is 454. The summed E-state index contributed by atoms with van der Waals surface area (Å²) in [6.07, 6.45) is 0.444. The molecular formula is C13H15NO4. The lowest BCUT2D eigenvalue weighted by Crippen LogP contribution is -2.42. The van der Waals surface area contributed by atoms with E-state index in [9.17, 15) is 4.79 Å². The van der Waals surface area contributed by atoms with Crippen LogP contribution < -0.4 is 14.8 Å². The number of rotatable bonds is 3. The normalized spacial score (nSPS) is 21.9. The Morgan fingerprint density at radius 1 is 1.33 bits per heavy atom. The van der Waals surface area contributed by atoms with Crippen molar-refractivity contribution in [3.8, 4) is 11.5 Å². The zero-order chi connectivity index (χ0) is 12.4. The predicted octanol–water partition coefficient (Wildman–Crippen LogP) is 0.976. The molecule has 1 N–H and O–H groups in total. The second-order valence-electron chi connectivity index (χ2n) is 4.42. The average Bonchev–Trinajstić information content (AvgIpc) is 2.87. The predicted molar refractivity (Wildman–Crippen MR) is 64.1 cm³/mol. The topological polar surface area (TPSA) is 56.8 Å². The van der Waals surface area contributed by atoms with Crippen molar-refractivity contribution in [2.75, 3.05) is 26.6 Å². The minimum absolute atomic E-state index is 0.0938. The van der Waals surface area contributed by atoms with E-state index in [0.29, 0.717) is 36.7 Å². The molecule has 0 spiro atoms. The monoisotopic (exact) mass is 249 g/mol. The van der Waals surface area contributed by atoms with Crippen molar-refractivity contribution < 1.29 is 19.0 Å². The standard InChI is InChI=1S/C13H15NO4/c15-11(6-10-7-16-4-3-14-10)9-1-2-12-13(5-9)18-8-17-12/h1-2,5,10,14H,3-4,6-8H2. The summed E-state index contributed by atoms with van der Waals surface area (Å²) in [5.41, 5.74) is 0.659. The van der Waals surface area contributed by atoms with Crippen molar-refractivity contribution >= 4 is 5.78 Å². The summed E-state index contributed by atoms with van der Waals surface area (Å²) in [5.74, 6) is 1.44. The number of morpholine rings is 1. The molecule has 0 aromatic heterocycles. The number of fused-ring (bicyclic) bond motifs is 1. The summed E-state index contributed by atoms with van der Waals surface area (Å²) >= 11 is 0. The molecule has 5 heteroatoms. The molecule has 1 atom stereocenters. The minimum atomic E-state index is 0.0938. The van der Waals surface area contributed by atoms with Gasteiger partial charge in [0.05, 0.1) is 13.2 Å². The number of hydrogen-bond donors (Lipinski definition) is 1. The SMILES string of the molecule is O=C(CC1COCCN1)c1ccc2c(c1)OCO2. The fourth-order valence-corrected chi connectivity index (χ4v) is 2.16. The third-order valence-corrected chi connectivity index (χ3v) is 3.12. The van der Waals surface area contributed by atoms with Crippen LogP contribution in [0.25, 0.3) is 0 Å². The van der Waals surface area contributed by atoms with Gasteiger partial charge in [-0.05, 0) is 18.2 Å². The van der Waals surface area contributed by atoms with Gasteiger partial charge in [0.2, 0.25) is 6.79 Å². The van der Waals surface area contributed by atoms with E-state index in [1.54, 1.807) is 18.2 Å². The van der Waals surface area contributed by atoms with Gasteiger partial charge < -0.3 is 19.5 Å². The largest absolute Gasteiger partial charge is 0.454 e. The van der Waals surface area contributed by atoms with Gasteiger partial charge in [0, 0.05) is 24.6 Å². The Balaban J connectivity index is 1.68. The molecule has 2 heterocycles. The summed E-state index contributed by atoms with van der Waals surface area (Å²) in [5, 5.41) is 3.27. The number of nitrogens with one attached hydrogen (secondary N) is 1. The van der Waals surface area contributed by atoms with Crippen LogP contribution in [0.2, 0.25) is 0 Å². The zero-order valence-electron chi connectivity index (χ0n) is 9.98. The van der Waals surface area contributed by atoms with Gasteiger partial charge in [0.1, 0.15) is 0 Å². The molecule has 1 aromatic carbocycles. The maximum absolute atomic E-state index is 12.1. The minimum Gasteiger partial charge on any atom is -0.454 e. The number of benzene rings is 1. The maximum atomic E-state index is 12.1. The molecule has 0 radical (unpaired) electrons. The van der Waals surface area contributed by atoms with Crippen LogP contribution >= 0.6 is 0 Å². The molecule has 18 heavy (non-hydrogen) atoms. The van der Waals surface area contributed by atoms with Crippen LogP contribution in [0.3, 0.4) is 0 Å². The first-order valence-corrected chi connectivity index (χ1v) is 6.07. The van der Waals surface area contributed by atoms with Gasteiger partial charge in [-0.25, -0.2) is 0 Å². The molecule has 0 bridgehead atoms. The molecule has 5 nitrogen and oxygen atoms in total. The van der Waals surface area contributed by atoms with Crippen LogP contribution in [0.1, 0.15) is 16.8 Å². The van der Waals surface area contributed by atoms with Gasteiger partial charge in [-0.2, -0.15) is 0 Å². The molecule has 96 valence electrons. The van der Waals surface area contributed by atoms with Gasteiger partial charge in [-0.3, -0.25) is 4.79 Å². The van der Waals surface area contributed by atoms with Crippen LogP contribution in [-0.2, 0) is 4.74 Å². The Morgan fingerprint density at radius 3 is 3.06 bits per heavy atom. The fourth-order valence-electron chi connectivity index (χ4n) is 2.16. The van der Waals surface area contributed by atoms with Crippen LogP contribution in [-0.4, -0.2) is 38.4 Å². The van der Waals surface area contributed by atoms with Crippen molar-refractivity contribution in [1.82, 2.24) is 5.32 Å². The summed E-state index contributed by atoms with van der Waals surface area (Å²) < 4.78 is 15.8. The Kier molecular flexibility index (Phi) is 3.17. The van der Waals surface area contributed by atoms with E-state index in [0.717, 1.165) is 6.54 Å². The van der Waals surface area contributed by atoms with E-state index in [-0.39, 0.29) is 18.6 Å². The number of Topliss-reactive ketones (excluding diaryl/α,β-unsaturated/α-hetero) is 1. The second kappa shape index (κ2) is 4.96. The molecule has 1 fully saturated rings. The molecule has 0 saturated carbocycles. The average molecular weight is 249 g/mol. The highest BCUT2D eigenvalue weighted by atomic mass is 16.7. The lowest BCUT2D eigenvalue weighted by Gasteiger charge is -2.23. The molecule has 2 aliphatic heterocycles. The smallest absolute Gasteiger partial charge is 0.231 e. The molecule has 0 aliphatic carbocycles. The van der Waals surface area contributed by atoms with E-state index in [2.05, 4.69) is 5.32 Å². The van der Waals surface area contributed by atoms with Crippen LogP contribution in [0, 0.1) is 0 Å². The van der Waals surface area contributed by atoms with Crippen LogP contribution in [0.15, 0.2) is 18.2 Å². The molecule has 1 aromatic rings. The molecular weight excluding hydrogens is 234 g/mol. The van der Waals surface area contributed by atoms with Gasteiger partial charge >= 0.3 is 0 Å². The Hall–Kier alpha value is -1.59. The number of carbonyl (C=O) groups excluding carboxylic acids is 1. The first-order chi connectivity index (χ1) is 8.83. The van der Waals surface area contributed by atoms with E-state index >= 15 is 0 Å². The Morgan fingerprint density at radius 2 is 2.22 bits per heavy atom. The summed E-state index contributed by atoms with van der Waals surface area (Å²) in [6.45, 7) is 2.34. The van der Waals surface area contributed by atoms with Gasteiger partial charge in [-0.15, -0.1) is 0 Å². The lowest BCUT2D eigenvalue weighted by molar-refractivity contribution is 0.0676. The maximum Gasteiger partial charge on any atom is 0.231 e. The highest BCUT2D eigenvalue weighted by Crippen LogP contribution is 2.32. The van der Waals surface area contributed by atoms with Crippen LogP contribution in [0.4, 0.5) is 0 Å². The number of carbonyl (C=O) groups is 1. The first kappa shape index (κ1) is 11.5. The lowest BCUT2D eigenvalue weighted by atomic mass is 10.0. The highest BCUT2D eigenvalue weighted by molar-refractivity contribution is 5.97. The summed E-state index contributed by atoms with van der Waals surface area (Å²) in [4.78, 5) is 12.1. The zero-order valence-corrected chi connectivity index (χ0v) is 9.98. The first-order valence-electron chi connectivity index (χ1n) is 6.07. The second-order valence-corrected chi connectivity index (χ2v) is 4.42. The van der Waals surface area contributed by atoms with Crippen LogP contribution in [0.5, 0.6) is 11.5 Å². The third-order valence-electron chi connectivity index (χ3n) is 3.12. The van der Waals surface area contributed by atoms with E-state index in [1.165, 1.54) is 0 Å². The van der Waals surface area contributed by atoms with Crippen molar-refractivity contribution in [3.05, 3.63) is 23.8 Å². The van der Waals surface area contributed by atoms with Crippen molar-refractivity contribution in [1.29, 1.82) is 0 Å². The molecule has 1 saturated heterocycles. The van der Waals surface area contributed by atoms with E-state index in [1.807, 2.05) is 0 Å². The van der Waals surface area contributed by atoms with Gasteiger partial charge in [0.25, 0.3) is 0 Å². The number of ketones is 1. The van der Waals surface area contributed by atoms with E-state index in [4.69, 9.17) is 14.2 Å². The van der Waals surface area contributed by atoms with Gasteiger partial charge in [-0.1, -0.05) is 0 Å². The van der Waals surface area contributed by atoms with Crippen molar-refractivity contribution in [3.63, 3.8) is 0 Å².